The zero-order valence-corrected chi connectivity index (χ0v) is 26.3. The third-order valence-electron chi connectivity index (χ3n) is 9.50. The van der Waals surface area contributed by atoms with E-state index in [0.717, 1.165) is 49.8 Å². The van der Waals surface area contributed by atoms with E-state index in [1.165, 1.54) is 32.3 Å². The maximum absolute atomic E-state index is 6.10. The molecule has 4 heteroatoms. The maximum Gasteiger partial charge on any atom is 0.164 e. The number of rotatable bonds is 4. The van der Waals surface area contributed by atoms with Crippen LogP contribution in [0.1, 0.15) is 0 Å². The number of para-hydroxylation sites is 1. The number of hydrogen-bond donors (Lipinski definition) is 0. The fourth-order valence-electron chi connectivity index (χ4n) is 7.14. The van der Waals surface area contributed by atoms with Crippen LogP contribution in [0, 0.1) is 0 Å². The summed E-state index contributed by atoms with van der Waals surface area (Å²) < 4.78 is 6.10. The summed E-state index contributed by atoms with van der Waals surface area (Å²) in [5, 5.41) is 9.68. The van der Waals surface area contributed by atoms with E-state index in [4.69, 9.17) is 19.4 Å². The lowest BCUT2D eigenvalue weighted by molar-refractivity contribution is 0.669. The van der Waals surface area contributed by atoms with Crippen LogP contribution in [0.5, 0.6) is 0 Å². The minimum Gasteiger partial charge on any atom is -0.456 e. The average molecular weight is 626 g/mol. The Balaban J connectivity index is 1.13. The van der Waals surface area contributed by atoms with E-state index in [9.17, 15) is 0 Å². The summed E-state index contributed by atoms with van der Waals surface area (Å²) in [6, 6.07) is 57.0. The molecular weight excluding hydrogens is 599 g/mol. The molecule has 0 unspecified atom stereocenters. The smallest absolute Gasteiger partial charge is 0.164 e. The molecular formula is C45H27N3O. The van der Waals surface area contributed by atoms with E-state index in [1.807, 2.05) is 60.7 Å². The molecule has 0 bridgehead atoms. The van der Waals surface area contributed by atoms with Gasteiger partial charge in [-0.25, -0.2) is 15.0 Å². The Hall–Kier alpha value is -6.65. The Labute approximate surface area is 282 Å². The average Bonchev–Trinajstić information content (AvgIpc) is 3.56. The van der Waals surface area contributed by atoms with Gasteiger partial charge in [-0.3, -0.25) is 0 Å². The monoisotopic (exact) mass is 625 g/mol. The van der Waals surface area contributed by atoms with Crippen molar-refractivity contribution in [1.29, 1.82) is 0 Å². The first-order valence-electron chi connectivity index (χ1n) is 16.4. The lowest BCUT2D eigenvalue weighted by Gasteiger charge is -2.13. The second-order valence-electron chi connectivity index (χ2n) is 12.4. The second-order valence-corrected chi connectivity index (χ2v) is 12.4. The van der Waals surface area contributed by atoms with Gasteiger partial charge < -0.3 is 4.42 Å². The molecule has 0 radical (unpaired) electrons. The predicted molar refractivity (Wildman–Crippen MR) is 201 cm³/mol. The largest absolute Gasteiger partial charge is 0.456 e. The quantitative estimate of drug-likeness (QED) is 0.183. The zero-order valence-electron chi connectivity index (χ0n) is 26.3. The molecule has 228 valence electrons. The standard InChI is InChI=1S/C45H27N3O/c1-2-11-28(12-3-1)43-46-44(48-45(47-43)32-22-24-42-40(27-32)38-19-8-9-20-41(38)49-42)31-14-10-13-29(25-31)30-21-23-37-35-17-5-4-15-33(35)34-16-6-7-18-36(34)39(37)26-30/h1-27H. The van der Waals surface area contributed by atoms with Crippen molar-refractivity contribution in [2.24, 2.45) is 0 Å². The highest BCUT2D eigenvalue weighted by atomic mass is 16.3. The Bertz CT molecular complexity index is 2860. The van der Waals surface area contributed by atoms with Crippen LogP contribution in [0.2, 0.25) is 0 Å². The van der Waals surface area contributed by atoms with Gasteiger partial charge in [0.1, 0.15) is 11.2 Å². The van der Waals surface area contributed by atoms with Gasteiger partial charge in [0.25, 0.3) is 0 Å². The van der Waals surface area contributed by atoms with Crippen LogP contribution in [-0.4, -0.2) is 15.0 Å². The minimum absolute atomic E-state index is 0.616. The van der Waals surface area contributed by atoms with Crippen molar-refractivity contribution in [2.75, 3.05) is 0 Å². The van der Waals surface area contributed by atoms with Crippen molar-refractivity contribution >= 4 is 54.3 Å². The zero-order chi connectivity index (χ0) is 32.3. The number of benzene rings is 8. The Morgan fingerprint density at radius 2 is 0.714 bits per heavy atom. The fourth-order valence-corrected chi connectivity index (χ4v) is 7.14. The first-order chi connectivity index (χ1) is 24.3. The summed E-state index contributed by atoms with van der Waals surface area (Å²) in [5.41, 5.74) is 6.72. The molecule has 0 atom stereocenters. The number of aromatic nitrogens is 3. The van der Waals surface area contributed by atoms with Crippen LogP contribution >= 0.6 is 0 Å². The van der Waals surface area contributed by atoms with Crippen molar-refractivity contribution in [3.8, 4) is 45.3 Å². The van der Waals surface area contributed by atoms with Crippen LogP contribution in [0.15, 0.2) is 168 Å². The first-order valence-corrected chi connectivity index (χ1v) is 16.4. The Morgan fingerprint density at radius 3 is 1.43 bits per heavy atom. The summed E-state index contributed by atoms with van der Waals surface area (Å²) in [7, 11) is 0. The Morgan fingerprint density at radius 1 is 0.265 bits per heavy atom. The maximum atomic E-state index is 6.10. The normalized spacial score (nSPS) is 11.7. The van der Waals surface area contributed by atoms with Gasteiger partial charge in [0.15, 0.2) is 17.5 Å². The summed E-state index contributed by atoms with van der Waals surface area (Å²) in [4.78, 5) is 15.1. The van der Waals surface area contributed by atoms with Gasteiger partial charge in [-0.1, -0.05) is 127 Å². The topological polar surface area (TPSA) is 51.8 Å². The third-order valence-corrected chi connectivity index (χ3v) is 9.50. The van der Waals surface area contributed by atoms with Gasteiger partial charge in [-0.05, 0) is 79.8 Å². The van der Waals surface area contributed by atoms with Crippen LogP contribution in [0.25, 0.3) is 99.5 Å². The van der Waals surface area contributed by atoms with E-state index < -0.39 is 0 Å². The lowest BCUT2D eigenvalue weighted by atomic mass is 9.92. The summed E-state index contributed by atoms with van der Waals surface area (Å²) >= 11 is 0. The summed E-state index contributed by atoms with van der Waals surface area (Å²) in [6.45, 7) is 0. The fraction of sp³-hybridized carbons (Fsp3) is 0. The van der Waals surface area contributed by atoms with Crippen LogP contribution in [-0.2, 0) is 0 Å². The molecule has 0 saturated heterocycles. The molecule has 0 aliphatic heterocycles. The molecule has 0 spiro atoms. The number of fused-ring (bicyclic) bond motifs is 9. The second kappa shape index (κ2) is 11.0. The van der Waals surface area contributed by atoms with Gasteiger partial charge in [0.05, 0.1) is 0 Å². The van der Waals surface area contributed by atoms with Crippen molar-refractivity contribution in [3.63, 3.8) is 0 Å². The van der Waals surface area contributed by atoms with Gasteiger partial charge >= 0.3 is 0 Å². The Kier molecular flexibility index (Phi) is 6.15. The van der Waals surface area contributed by atoms with E-state index in [0.29, 0.717) is 17.5 Å². The van der Waals surface area contributed by atoms with Crippen molar-refractivity contribution < 1.29 is 4.42 Å². The van der Waals surface area contributed by atoms with Crippen molar-refractivity contribution in [3.05, 3.63) is 164 Å². The molecule has 4 nitrogen and oxygen atoms in total. The molecule has 49 heavy (non-hydrogen) atoms. The van der Waals surface area contributed by atoms with Crippen LogP contribution in [0.3, 0.4) is 0 Å². The van der Waals surface area contributed by atoms with Gasteiger partial charge in [0.2, 0.25) is 0 Å². The molecule has 2 heterocycles. The van der Waals surface area contributed by atoms with Crippen LogP contribution < -0.4 is 0 Å². The number of furan rings is 1. The first kappa shape index (κ1) is 27.5. The molecule has 10 rings (SSSR count). The highest BCUT2D eigenvalue weighted by Gasteiger charge is 2.16. The van der Waals surface area contributed by atoms with Gasteiger partial charge in [-0.2, -0.15) is 0 Å². The highest BCUT2D eigenvalue weighted by Crippen LogP contribution is 2.38. The van der Waals surface area contributed by atoms with E-state index in [-0.39, 0.29) is 0 Å². The molecule has 8 aromatic carbocycles. The molecule has 0 fully saturated rings. The molecule has 0 saturated carbocycles. The molecule has 10 aromatic rings. The predicted octanol–water partition coefficient (Wildman–Crippen LogP) is 11.9. The summed E-state index contributed by atoms with van der Waals surface area (Å²) in [6.07, 6.45) is 0. The van der Waals surface area contributed by atoms with Crippen LogP contribution in [0.4, 0.5) is 0 Å². The van der Waals surface area contributed by atoms with Crippen molar-refractivity contribution in [2.45, 2.75) is 0 Å². The lowest BCUT2D eigenvalue weighted by Crippen LogP contribution is -2.00. The molecule has 0 aliphatic rings. The van der Waals surface area contributed by atoms with E-state index in [2.05, 4.69) is 103 Å². The molecule has 0 N–H and O–H groups in total. The summed E-state index contributed by atoms with van der Waals surface area (Å²) in [5.74, 6) is 1.87. The number of hydrogen-bond acceptors (Lipinski definition) is 4. The van der Waals surface area contributed by atoms with Crippen molar-refractivity contribution in [1.82, 2.24) is 15.0 Å². The van der Waals surface area contributed by atoms with E-state index in [1.54, 1.807) is 0 Å². The highest BCUT2D eigenvalue weighted by molar-refractivity contribution is 6.25. The number of nitrogens with zero attached hydrogens (tertiary/aromatic N) is 3. The van der Waals surface area contributed by atoms with Gasteiger partial charge in [0, 0.05) is 27.5 Å². The van der Waals surface area contributed by atoms with E-state index >= 15 is 0 Å². The minimum atomic E-state index is 0.616. The molecule has 0 amide bonds. The third kappa shape index (κ3) is 4.57. The molecule has 0 aliphatic carbocycles. The van der Waals surface area contributed by atoms with Gasteiger partial charge in [-0.15, -0.1) is 0 Å². The molecule has 2 aromatic heterocycles. The SMILES string of the molecule is c1ccc(-c2nc(-c3cccc(-c4ccc5c6ccccc6c6ccccc6c5c4)c3)nc(-c3ccc4oc5ccccc5c4c3)n2)cc1.